The molecule has 3 nitrogen and oxygen atoms in total. The van der Waals surface area contributed by atoms with E-state index in [0.717, 1.165) is 6.54 Å². The first kappa shape index (κ1) is 19.2. The fourth-order valence-corrected chi connectivity index (χ4v) is 4.02. The zero-order chi connectivity index (χ0) is 18.1. The molecule has 0 aromatic heterocycles. The average molecular weight is 348 g/mol. The van der Waals surface area contributed by atoms with Crippen LogP contribution in [-0.2, 0) is 9.22 Å². The summed E-state index contributed by atoms with van der Waals surface area (Å²) in [6, 6.07) is 8.60. The number of amides is 1. The van der Waals surface area contributed by atoms with Crippen LogP contribution in [0.2, 0.25) is 18.1 Å². The third kappa shape index (κ3) is 4.09. The van der Waals surface area contributed by atoms with Crippen LogP contribution in [0.25, 0.3) is 0 Å². The molecule has 1 aromatic rings. The van der Waals surface area contributed by atoms with E-state index in [0.29, 0.717) is 19.1 Å². The Bertz CT molecular complexity index is 574. The molecule has 134 valence electrons. The van der Waals surface area contributed by atoms with E-state index >= 15 is 0 Å². The maximum absolute atomic E-state index is 12.6. The topological polar surface area (TPSA) is 29.5 Å². The highest BCUT2D eigenvalue weighted by atomic mass is 28.4. The van der Waals surface area contributed by atoms with E-state index in [-0.39, 0.29) is 16.9 Å². The molecule has 2 rings (SSSR count). The van der Waals surface area contributed by atoms with Crippen molar-refractivity contribution in [1.29, 1.82) is 0 Å². The van der Waals surface area contributed by atoms with Crippen molar-refractivity contribution >= 4 is 14.2 Å². The Kier molecular flexibility index (Phi) is 5.60. The highest BCUT2D eigenvalue weighted by Gasteiger charge is 2.39. The summed E-state index contributed by atoms with van der Waals surface area (Å²) < 4.78 is 6.24. The van der Waals surface area contributed by atoms with Crippen LogP contribution < -0.4 is 0 Å². The van der Waals surface area contributed by atoms with E-state index in [1.54, 1.807) is 0 Å². The van der Waals surface area contributed by atoms with Crippen molar-refractivity contribution in [1.82, 2.24) is 4.90 Å². The number of nitrogens with zero attached hydrogens (tertiary/aromatic N) is 1. The van der Waals surface area contributed by atoms with Gasteiger partial charge in [-0.1, -0.05) is 57.5 Å². The minimum Gasteiger partial charge on any atom is -0.415 e. The van der Waals surface area contributed by atoms with Gasteiger partial charge in [-0.3, -0.25) is 4.79 Å². The molecule has 1 fully saturated rings. The first-order valence-electron chi connectivity index (χ1n) is 9.02. The zero-order valence-corrected chi connectivity index (χ0v) is 17.3. The number of rotatable bonds is 5. The second-order valence-corrected chi connectivity index (χ2v) is 13.5. The van der Waals surface area contributed by atoms with Crippen molar-refractivity contribution in [2.45, 2.75) is 58.7 Å². The molecule has 2 atom stereocenters. The van der Waals surface area contributed by atoms with Crippen LogP contribution in [0.15, 0.2) is 24.3 Å². The van der Waals surface area contributed by atoms with Crippen molar-refractivity contribution < 1.29 is 9.22 Å². The molecule has 1 saturated heterocycles. The predicted octanol–water partition coefficient (Wildman–Crippen LogP) is 4.58. The summed E-state index contributed by atoms with van der Waals surface area (Å²) in [7, 11) is -1.74. The third-order valence-corrected chi connectivity index (χ3v) is 10.4. The fourth-order valence-electron chi connectivity index (χ4n) is 2.98. The lowest BCUT2D eigenvalue weighted by molar-refractivity contribution is -0.130. The van der Waals surface area contributed by atoms with Gasteiger partial charge in [-0.05, 0) is 30.6 Å². The quantitative estimate of drug-likeness (QED) is 0.730. The summed E-state index contributed by atoms with van der Waals surface area (Å²) in [6.45, 7) is 17.6. The summed E-state index contributed by atoms with van der Waals surface area (Å²) in [6.07, 6.45) is 0. The number of carbonyl (C=O) groups is 1. The summed E-state index contributed by atoms with van der Waals surface area (Å²) in [4.78, 5) is 14.6. The van der Waals surface area contributed by atoms with Gasteiger partial charge in [0, 0.05) is 24.9 Å². The lowest BCUT2D eigenvalue weighted by Crippen LogP contribution is -2.43. The number of aryl methyl sites for hydroxylation is 1. The average Bonchev–Trinajstić information content (AvgIpc) is 2.75. The molecule has 0 bridgehead atoms. The monoisotopic (exact) mass is 347 g/mol. The Hall–Kier alpha value is -1.13. The van der Waals surface area contributed by atoms with Crippen LogP contribution in [0.5, 0.6) is 0 Å². The molecule has 24 heavy (non-hydrogen) atoms. The van der Waals surface area contributed by atoms with Gasteiger partial charge >= 0.3 is 0 Å². The summed E-state index contributed by atoms with van der Waals surface area (Å²) >= 11 is 0. The van der Waals surface area contributed by atoms with Gasteiger partial charge in [0.25, 0.3) is 0 Å². The molecule has 1 amide bonds. The molecule has 1 heterocycles. The minimum atomic E-state index is -1.74. The van der Waals surface area contributed by atoms with Crippen molar-refractivity contribution in [3.05, 3.63) is 35.4 Å². The van der Waals surface area contributed by atoms with Gasteiger partial charge in [0.2, 0.25) is 5.91 Å². The molecule has 0 radical (unpaired) electrons. The molecular weight excluding hydrogens is 314 g/mol. The molecule has 0 N–H and O–H groups in total. The molecule has 1 aliphatic rings. The van der Waals surface area contributed by atoms with Gasteiger partial charge < -0.3 is 9.33 Å². The SMILES string of the molecule is Cc1ccc([C@@H]2CN(CCO[Si](C)(C)C(C)(C)C)C(=O)C2C)cc1. The Morgan fingerprint density at radius 3 is 2.33 bits per heavy atom. The molecule has 1 aliphatic heterocycles. The van der Waals surface area contributed by atoms with Crippen molar-refractivity contribution in [3.63, 3.8) is 0 Å². The van der Waals surface area contributed by atoms with Gasteiger partial charge in [-0.15, -0.1) is 0 Å². The van der Waals surface area contributed by atoms with Crippen LogP contribution in [-0.4, -0.2) is 38.8 Å². The maximum atomic E-state index is 12.6. The van der Waals surface area contributed by atoms with Crippen molar-refractivity contribution in [2.75, 3.05) is 19.7 Å². The first-order valence-corrected chi connectivity index (χ1v) is 11.9. The van der Waals surface area contributed by atoms with Crippen molar-refractivity contribution in [3.8, 4) is 0 Å². The summed E-state index contributed by atoms with van der Waals surface area (Å²) in [5, 5.41) is 0.208. The third-order valence-electron chi connectivity index (χ3n) is 5.86. The highest BCUT2D eigenvalue weighted by Crippen LogP contribution is 2.37. The van der Waals surface area contributed by atoms with E-state index < -0.39 is 8.32 Å². The lowest BCUT2D eigenvalue weighted by Gasteiger charge is -2.36. The zero-order valence-electron chi connectivity index (χ0n) is 16.3. The largest absolute Gasteiger partial charge is 0.415 e. The van der Waals surface area contributed by atoms with Gasteiger partial charge in [-0.25, -0.2) is 0 Å². The van der Waals surface area contributed by atoms with E-state index in [9.17, 15) is 4.79 Å². The van der Waals surface area contributed by atoms with Crippen molar-refractivity contribution in [2.24, 2.45) is 5.92 Å². The number of hydrogen-bond donors (Lipinski definition) is 0. The van der Waals surface area contributed by atoms with E-state index in [1.807, 2.05) is 4.90 Å². The van der Waals surface area contributed by atoms with Crippen LogP contribution in [0.3, 0.4) is 0 Å². The normalized spacial score (nSPS) is 22.3. The lowest BCUT2D eigenvalue weighted by atomic mass is 9.90. The Balaban J connectivity index is 1.96. The Labute approximate surface area is 148 Å². The standard InChI is InChI=1S/C20H33NO2Si/c1-15-8-10-17(11-9-15)18-14-21(19(22)16(18)2)12-13-23-24(6,7)20(3,4)5/h8-11,16,18H,12-14H2,1-7H3/t16?,18-/m1/s1. The molecule has 0 aliphatic carbocycles. The second-order valence-electron chi connectivity index (χ2n) is 8.70. The Morgan fingerprint density at radius 1 is 1.21 bits per heavy atom. The summed E-state index contributed by atoms with van der Waals surface area (Å²) in [5.41, 5.74) is 2.53. The fraction of sp³-hybridized carbons (Fsp3) is 0.650. The molecule has 0 saturated carbocycles. The number of carbonyl (C=O) groups excluding carboxylic acids is 1. The van der Waals surface area contributed by atoms with Gasteiger partial charge in [0.1, 0.15) is 0 Å². The number of hydrogen-bond acceptors (Lipinski definition) is 2. The predicted molar refractivity (Wildman–Crippen MR) is 103 cm³/mol. The van der Waals surface area contributed by atoms with Crippen LogP contribution >= 0.6 is 0 Å². The molecule has 0 spiro atoms. The molecule has 1 unspecified atom stereocenters. The maximum Gasteiger partial charge on any atom is 0.226 e. The summed E-state index contributed by atoms with van der Waals surface area (Å²) in [5.74, 6) is 0.617. The molecular formula is C20H33NO2Si. The Morgan fingerprint density at radius 2 is 1.79 bits per heavy atom. The van der Waals surface area contributed by atoms with Crippen LogP contribution in [0.1, 0.15) is 44.7 Å². The number of likely N-dealkylation sites (tertiary alicyclic amines) is 1. The van der Waals surface area contributed by atoms with Gasteiger partial charge in [0.15, 0.2) is 8.32 Å². The molecule has 4 heteroatoms. The van der Waals surface area contributed by atoms with E-state index in [2.05, 4.69) is 72.0 Å². The molecule has 1 aromatic carbocycles. The van der Waals surface area contributed by atoms with Crippen LogP contribution in [0, 0.1) is 12.8 Å². The second kappa shape index (κ2) is 7.01. The number of benzene rings is 1. The smallest absolute Gasteiger partial charge is 0.226 e. The van der Waals surface area contributed by atoms with Gasteiger partial charge in [0.05, 0.1) is 6.61 Å². The first-order chi connectivity index (χ1) is 11.0. The highest BCUT2D eigenvalue weighted by molar-refractivity contribution is 6.74. The van der Waals surface area contributed by atoms with E-state index in [1.165, 1.54) is 11.1 Å². The van der Waals surface area contributed by atoms with Crippen LogP contribution in [0.4, 0.5) is 0 Å². The minimum absolute atomic E-state index is 0.0561. The van der Waals surface area contributed by atoms with Gasteiger partial charge in [-0.2, -0.15) is 0 Å². The van der Waals surface area contributed by atoms with E-state index in [4.69, 9.17) is 4.43 Å².